The van der Waals surface area contributed by atoms with E-state index in [1.807, 2.05) is 6.07 Å². The van der Waals surface area contributed by atoms with E-state index in [1.54, 1.807) is 62.6 Å². The summed E-state index contributed by atoms with van der Waals surface area (Å²) in [7, 11) is 1.56. The molecule has 0 aromatic heterocycles. The molecule has 0 radical (unpaired) electrons. The van der Waals surface area contributed by atoms with Gasteiger partial charge in [0, 0.05) is 5.69 Å². The highest BCUT2D eigenvalue weighted by molar-refractivity contribution is 6.09. The number of methoxy groups -OCH3 is 1. The van der Waals surface area contributed by atoms with Crippen molar-refractivity contribution in [1.82, 2.24) is 0 Å². The molecule has 1 aliphatic rings. The number of ether oxygens (including phenoxy) is 1. The summed E-state index contributed by atoms with van der Waals surface area (Å²) in [5.74, 6) is -0.0565. The average molecular weight is 329 g/mol. The maximum atomic E-state index is 15.5. The van der Waals surface area contributed by atoms with Crippen LogP contribution in [0.4, 0.5) is 10.1 Å². The predicted molar refractivity (Wildman–Crippen MR) is 89.8 cm³/mol. The highest BCUT2D eigenvalue weighted by Gasteiger charge is 2.66. The first-order valence-electron chi connectivity index (χ1n) is 7.93. The number of hydrogen-bond acceptors (Lipinski definition) is 3. The SMILES string of the molecule is CCC(O)[C@]1(F)C(=O)N(c2ccc(OC)cc2)[C@H]1c1ccccc1. The van der Waals surface area contributed by atoms with Gasteiger partial charge in [-0.2, -0.15) is 0 Å². The Morgan fingerprint density at radius 3 is 2.38 bits per heavy atom. The van der Waals surface area contributed by atoms with E-state index in [9.17, 15) is 9.90 Å². The zero-order chi connectivity index (χ0) is 17.3. The van der Waals surface area contributed by atoms with Crippen molar-refractivity contribution in [3.05, 3.63) is 60.2 Å². The normalized spacial score (nSPS) is 24.4. The van der Waals surface area contributed by atoms with Gasteiger partial charge in [0.1, 0.15) is 11.8 Å². The van der Waals surface area contributed by atoms with Crippen LogP contribution in [0.1, 0.15) is 24.9 Å². The fourth-order valence-electron chi connectivity index (χ4n) is 3.20. The van der Waals surface area contributed by atoms with Crippen LogP contribution in [-0.2, 0) is 4.79 Å². The first-order chi connectivity index (χ1) is 11.5. The number of halogens is 1. The average Bonchev–Trinajstić information content (AvgIpc) is 2.65. The largest absolute Gasteiger partial charge is 0.497 e. The second kappa shape index (κ2) is 6.24. The van der Waals surface area contributed by atoms with Gasteiger partial charge in [0.05, 0.1) is 13.2 Å². The molecule has 1 heterocycles. The third kappa shape index (κ3) is 2.36. The lowest BCUT2D eigenvalue weighted by molar-refractivity contribution is -0.156. The Morgan fingerprint density at radius 1 is 1.21 bits per heavy atom. The molecule has 1 amide bonds. The molecule has 0 aliphatic carbocycles. The van der Waals surface area contributed by atoms with Crippen LogP contribution in [-0.4, -0.2) is 29.9 Å². The number of rotatable bonds is 5. The number of nitrogens with zero attached hydrogens (tertiary/aromatic N) is 1. The molecule has 4 nitrogen and oxygen atoms in total. The summed E-state index contributed by atoms with van der Waals surface area (Å²) in [5.41, 5.74) is -1.08. The molecule has 1 N–H and O–H groups in total. The molecule has 1 aliphatic heterocycles. The van der Waals surface area contributed by atoms with Crippen LogP contribution in [0, 0.1) is 0 Å². The fourth-order valence-corrected chi connectivity index (χ4v) is 3.20. The molecule has 0 bridgehead atoms. The highest BCUT2D eigenvalue weighted by Crippen LogP contribution is 2.51. The van der Waals surface area contributed by atoms with Gasteiger partial charge in [-0.3, -0.25) is 9.69 Å². The number of carbonyl (C=O) groups is 1. The van der Waals surface area contributed by atoms with Crippen molar-refractivity contribution in [2.45, 2.75) is 31.2 Å². The topological polar surface area (TPSA) is 49.8 Å². The first kappa shape index (κ1) is 16.5. The van der Waals surface area contributed by atoms with Crippen LogP contribution < -0.4 is 9.64 Å². The van der Waals surface area contributed by atoms with Crippen LogP contribution in [0.3, 0.4) is 0 Å². The van der Waals surface area contributed by atoms with E-state index in [4.69, 9.17) is 4.74 Å². The minimum Gasteiger partial charge on any atom is -0.497 e. The lowest BCUT2D eigenvalue weighted by atomic mass is 9.74. The lowest BCUT2D eigenvalue weighted by Gasteiger charge is -2.53. The molecule has 3 atom stereocenters. The fraction of sp³-hybridized carbons (Fsp3) is 0.316. The molecule has 0 saturated carbocycles. The van der Waals surface area contributed by atoms with Crippen LogP contribution in [0.5, 0.6) is 5.75 Å². The van der Waals surface area contributed by atoms with Gasteiger partial charge in [-0.15, -0.1) is 0 Å². The molecular weight excluding hydrogens is 309 g/mol. The first-order valence-corrected chi connectivity index (χ1v) is 7.93. The minimum atomic E-state index is -2.31. The summed E-state index contributed by atoms with van der Waals surface area (Å²) >= 11 is 0. The van der Waals surface area contributed by atoms with E-state index in [-0.39, 0.29) is 6.42 Å². The summed E-state index contributed by atoms with van der Waals surface area (Å²) in [6.07, 6.45) is -1.17. The van der Waals surface area contributed by atoms with Crippen LogP contribution in [0.2, 0.25) is 0 Å². The van der Waals surface area contributed by atoms with Crippen LogP contribution in [0.25, 0.3) is 0 Å². The predicted octanol–water partition coefficient (Wildman–Crippen LogP) is 3.26. The van der Waals surface area contributed by atoms with E-state index in [1.165, 1.54) is 4.90 Å². The Morgan fingerprint density at radius 2 is 1.83 bits per heavy atom. The highest BCUT2D eigenvalue weighted by atomic mass is 19.1. The van der Waals surface area contributed by atoms with E-state index >= 15 is 4.39 Å². The second-order valence-corrected chi connectivity index (χ2v) is 5.88. The Labute approximate surface area is 140 Å². The third-order valence-electron chi connectivity index (χ3n) is 4.54. The van der Waals surface area contributed by atoms with Crippen molar-refractivity contribution >= 4 is 11.6 Å². The van der Waals surface area contributed by atoms with Crippen molar-refractivity contribution in [3.8, 4) is 5.75 Å². The summed E-state index contributed by atoms with van der Waals surface area (Å²) < 4.78 is 20.6. The third-order valence-corrected chi connectivity index (χ3v) is 4.54. The summed E-state index contributed by atoms with van der Waals surface area (Å²) in [4.78, 5) is 14.0. The number of anilines is 1. The van der Waals surface area contributed by atoms with Gasteiger partial charge in [0.15, 0.2) is 0 Å². The Bertz CT molecular complexity index is 719. The quantitative estimate of drug-likeness (QED) is 0.857. The molecule has 126 valence electrons. The standard InChI is InChI=1S/C19H20FNO3/c1-3-16(22)19(20)17(13-7-5-4-6-8-13)21(18(19)23)14-9-11-15(24-2)12-10-14/h4-12,16-17,22H,3H2,1-2H3/t16?,17-,19+/m0/s1. The zero-order valence-electron chi connectivity index (χ0n) is 13.6. The Balaban J connectivity index is 2.03. The number of amides is 1. The molecule has 1 unspecified atom stereocenters. The summed E-state index contributed by atoms with van der Waals surface area (Å²) in [5, 5.41) is 10.1. The van der Waals surface area contributed by atoms with Gasteiger partial charge in [0.25, 0.3) is 5.91 Å². The van der Waals surface area contributed by atoms with Crippen LogP contribution in [0.15, 0.2) is 54.6 Å². The smallest absolute Gasteiger partial charge is 0.270 e. The number of carbonyl (C=O) groups excluding carboxylic acids is 1. The lowest BCUT2D eigenvalue weighted by Crippen LogP contribution is -2.71. The zero-order valence-corrected chi connectivity index (χ0v) is 13.6. The van der Waals surface area contributed by atoms with E-state index in [0.29, 0.717) is 17.0 Å². The molecule has 2 aromatic carbocycles. The van der Waals surface area contributed by atoms with E-state index < -0.39 is 23.7 Å². The Hall–Kier alpha value is -2.40. The Kier molecular flexibility index (Phi) is 4.28. The maximum Gasteiger partial charge on any atom is 0.270 e. The van der Waals surface area contributed by atoms with Crippen molar-refractivity contribution in [2.75, 3.05) is 12.0 Å². The number of hydrogen-bond donors (Lipinski definition) is 1. The molecule has 5 heteroatoms. The maximum absolute atomic E-state index is 15.5. The minimum absolute atomic E-state index is 0.169. The molecule has 1 saturated heterocycles. The summed E-state index contributed by atoms with van der Waals surface area (Å²) in [6, 6.07) is 15.0. The summed E-state index contributed by atoms with van der Waals surface area (Å²) in [6.45, 7) is 1.66. The van der Waals surface area contributed by atoms with Gasteiger partial charge in [0.2, 0.25) is 5.67 Å². The number of aliphatic hydroxyl groups excluding tert-OH is 1. The molecule has 24 heavy (non-hydrogen) atoms. The number of aliphatic hydroxyl groups is 1. The van der Waals surface area contributed by atoms with Gasteiger partial charge in [-0.25, -0.2) is 4.39 Å². The van der Waals surface area contributed by atoms with Gasteiger partial charge in [-0.1, -0.05) is 37.3 Å². The van der Waals surface area contributed by atoms with Crippen molar-refractivity contribution in [2.24, 2.45) is 0 Å². The molecule has 3 rings (SSSR count). The van der Waals surface area contributed by atoms with Crippen molar-refractivity contribution in [1.29, 1.82) is 0 Å². The van der Waals surface area contributed by atoms with Gasteiger partial charge in [-0.05, 0) is 36.2 Å². The van der Waals surface area contributed by atoms with E-state index in [0.717, 1.165) is 0 Å². The van der Waals surface area contributed by atoms with E-state index in [2.05, 4.69) is 0 Å². The molecule has 0 spiro atoms. The molecule has 2 aromatic rings. The van der Waals surface area contributed by atoms with Gasteiger partial charge < -0.3 is 9.84 Å². The number of alkyl halides is 1. The number of β-lactam (4-membered cyclic amide) rings is 1. The molecule has 1 fully saturated rings. The van der Waals surface area contributed by atoms with Crippen molar-refractivity contribution in [3.63, 3.8) is 0 Å². The molecular formula is C19H20FNO3. The van der Waals surface area contributed by atoms with Crippen molar-refractivity contribution < 1.29 is 19.0 Å². The monoisotopic (exact) mass is 329 g/mol. The number of benzene rings is 2. The van der Waals surface area contributed by atoms with Crippen LogP contribution >= 0.6 is 0 Å². The van der Waals surface area contributed by atoms with Gasteiger partial charge >= 0.3 is 0 Å². The second-order valence-electron chi connectivity index (χ2n) is 5.88.